The number of anilines is 1. The van der Waals surface area contributed by atoms with Crippen LogP contribution in [0, 0.1) is 13.8 Å². The molecule has 0 bridgehead atoms. The second kappa shape index (κ2) is 10.3. The van der Waals surface area contributed by atoms with Gasteiger partial charge in [-0.3, -0.25) is 9.59 Å². The van der Waals surface area contributed by atoms with Crippen LogP contribution in [0.2, 0.25) is 0 Å². The molecule has 0 fully saturated rings. The average Bonchev–Trinajstić information content (AvgIpc) is 3.15. The molecule has 2 aromatic heterocycles. The molecule has 0 radical (unpaired) electrons. The van der Waals surface area contributed by atoms with Crippen molar-refractivity contribution >= 4 is 55.5 Å². The Bertz CT molecular complexity index is 1810. The Labute approximate surface area is 235 Å². The van der Waals surface area contributed by atoms with Crippen molar-refractivity contribution in [3.05, 3.63) is 104 Å². The number of aromatic nitrogens is 3. The molecule has 0 aliphatic heterocycles. The summed E-state index contributed by atoms with van der Waals surface area (Å²) in [6, 6.07) is 21.1. The van der Waals surface area contributed by atoms with Gasteiger partial charge in [0.05, 0.1) is 17.1 Å². The number of para-hydroxylation sites is 1. The normalized spacial score (nSPS) is 12.1. The van der Waals surface area contributed by atoms with Crippen LogP contribution >= 0.6 is 15.9 Å². The Kier molecular flexibility index (Phi) is 6.99. The number of carbonyl (C=O) groups is 1. The number of nitrogens with one attached hydrogen (secondary N) is 1. The first-order chi connectivity index (χ1) is 18.5. The van der Waals surface area contributed by atoms with E-state index in [1.165, 1.54) is 4.68 Å². The van der Waals surface area contributed by atoms with Crippen molar-refractivity contribution in [2.45, 2.75) is 46.6 Å². The van der Waals surface area contributed by atoms with Gasteiger partial charge in [-0.25, -0.2) is 4.98 Å². The van der Waals surface area contributed by atoms with Crippen molar-refractivity contribution in [1.29, 1.82) is 0 Å². The zero-order chi connectivity index (χ0) is 27.9. The summed E-state index contributed by atoms with van der Waals surface area (Å²) in [5.74, 6) is 0.444. The third-order valence-electron chi connectivity index (χ3n) is 6.70. The number of carbonyl (C=O) groups excluding carboxylic acids is 1. The highest BCUT2D eigenvalue weighted by molar-refractivity contribution is 9.10. The molecule has 0 saturated carbocycles. The molecule has 0 atom stereocenters. The maximum Gasteiger partial charge on any atom is 0.282 e. The maximum absolute atomic E-state index is 13.6. The molecule has 0 unspecified atom stereocenters. The smallest absolute Gasteiger partial charge is 0.282 e. The number of rotatable bonds is 5. The number of hydrogen-bond acceptors (Lipinski definition) is 4. The first-order valence-corrected chi connectivity index (χ1v) is 13.5. The highest BCUT2D eigenvalue weighted by Crippen LogP contribution is 2.26. The van der Waals surface area contributed by atoms with Crippen molar-refractivity contribution in [2.24, 2.45) is 5.10 Å². The van der Waals surface area contributed by atoms with Crippen molar-refractivity contribution in [2.75, 3.05) is 5.32 Å². The van der Waals surface area contributed by atoms with Crippen LogP contribution in [0.15, 0.2) is 81.1 Å². The van der Waals surface area contributed by atoms with Gasteiger partial charge in [0.25, 0.3) is 5.56 Å². The number of fused-ring (bicyclic) bond motifs is 2. The molecule has 0 aliphatic rings. The lowest BCUT2D eigenvalue weighted by atomic mass is 9.95. The van der Waals surface area contributed by atoms with Gasteiger partial charge in [-0.05, 0) is 50.2 Å². The van der Waals surface area contributed by atoms with E-state index >= 15 is 0 Å². The lowest BCUT2D eigenvalue weighted by molar-refractivity contribution is -0.116. The van der Waals surface area contributed by atoms with Crippen LogP contribution < -0.4 is 10.9 Å². The molecule has 0 spiro atoms. The molecule has 3 aromatic carbocycles. The van der Waals surface area contributed by atoms with Crippen molar-refractivity contribution in [3.63, 3.8) is 0 Å². The van der Waals surface area contributed by atoms with E-state index < -0.39 is 5.41 Å². The van der Waals surface area contributed by atoms with E-state index in [0.29, 0.717) is 16.7 Å². The van der Waals surface area contributed by atoms with Gasteiger partial charge < -0.3 is 9.88 Å². The molecule has 0 saturated heterocycles. The summed E-state index contributed by atoms with van der Waals surface area (Å²) in [5, 5.41) is 9.10. The Balaban J connectivity index is 1.58. The zero-order valence-corrected chi connectivity index (χ0v) is 24.2. The van der Waals surface area contributed by atoms with E-state index in [1.807, 2.05) is 99.8 Å². The van der Waals surface area contributed by atoms with Crippen molar-refractivity contribution < 1.29 is 4.79 Å². The molecule has 8 heteroatoms. The van der Waals surface area contributed by atoms with Gasteiger partial charge in [0.2, 0.25) is 5.91 Å². The summed E-state index contributed by atoms with van der Waals surface area (Å²) in [7, 11) is 0. The van der Waals surface area contributed by atoms with E-state index in [0.717, 1.165) is 37.9 Å². The summed E-state index contributed by atoms with van der Waals surface area (Å²) in [6.07, 6.45) is 1.70. The number of nitrogens with zero attached hydrogens (tertiary/aromatic N) is 4. The first kappa shape index (κ1) is 26.6. The van der Waals surface area contributed by atoms with Crippen LogP contribution in [-0.2, 0) is 16.8 Å². The standard InChI is InChI=1S/C31H30BrN5O2/c1-19-10-13-22(14-11-19)34-28(38)18-36-20(2)25(23-8-6-7-9-27(23)36)17-33-37-29(39)24-16-21(32)12-15-26(24)35-30(37)31(3,4)5/h6-17H,18H2,1-5H3,(H,34,38). The lowest BCUT2D eigenvalue weighted by Gasteiger charge is -2.20. The van der Waals surface area contributed by atoms with Crippen LogP contribution in [-0.4, -0.2) is 26.3 Å². The quantitative estimate of drug-likeness (QED) is 0.238. The van der Waals surface area contributed by atoms with E-state index in [2.05, 4.69) is 26.3 Å². The largest absolute Gasteiger partial charge is 0.335 e. The molecule has 198 valence electrons. The maximum atomic E-state index is 13.6. The Morgan fingerprint density at radius 1 is 1.03 bits per heavy atom. The fourth-order valence-corrected chi connectivity index (χ4v) is 5.02. The highest BCUT2D eigenvalue weighted by Gasteiger charge is 2.23. The minimum atomic E-state index is -0.422. The van der Waals surface area contributed by atoms with Gasteiger partial charge in [-0.1, -0.05) is 72.6 Å². The summed E-state index contributed by atoms with van der Waals surface area (Å²) >= 11 is 3.46. The number of hydrogen-bond donors (Lipinski definition) is 1. The van der Waals surface area contributed by atoms with Gasteiger partial charge in [0, 0.05) is 37.7 Å². The number of halogens is 1. The second-order valence-corrected chi connectivity index (χ2v) is 11.6. The van der Waals surface area contributed by atoms with Crippen molar-refractivity contribution in [3.8, 4) is 0 Å². The molecule has 0 aliphatic carbocycles. The number of benzene rings is 3. The number of amides is 1. The first-order valence-electron chi connectivity index (χ1n) is 12.7. The average molecular weight is 585 g/mol. The van der Waals surface area contributed by atoms with Crippen LogP contribution in [0.5, 0.6) is 0 Å². The Hall–Kier alpha value is -4.04. The van der Waals surface area contributed by atoms with E-state index in [-0.39, 0.29) is 18.0 Å². The second-order valence-electron chi connectivity index (χ2n) is 10.7. The lowest BCUT2D eigenvalue weighted by Crippen LogP contribution is -2.29. The molecule has 7 nitrogen and oxygen atoms in total. The van der Waals surface area contributed by atoms with E-state index in [4.69, 9.17) is 4.98 Å². The third-order valence-corrected chi connectivity index (χ3v) is 7.19. The van der Waals surface area contributed by atoms with Crippen LogP contribution in [0.1, 0.15) is 43.4 Å². The van der Waals surface area contributed by atoms with Gasteiger partial charge in [0.1, 0.15) is 12.4 Å². The summed E-state index contributed by atoms with van der Waals surface area (Å²) in [6.45, 7) is 10.1. The fourth-order valence-electron chi connectivity index (χ4n) is 4.66. The SMILES string of the molecule is Cc1ccc(NC(=O)Cn2c(C)c(C=Nn3c(C(C)(C)C)nc4ccc(Br)cc4c3=O)c3ccccc32)cc1. The van der Waals surface area contributed by atoms with E-state index in [1.54, 1.807) is 12.3 Å². The third kappa shape index (κ3) is 5.29. The molecule has 5 aromatic rings. The predicted octanol–water partition coefficient (Wildman–Crippen LogP) is 6.55. The fraction of sp³-hybridized carbons (Fsp3) is 0.226. The van der Waals surface area contributed by atoms with Gasteiger partial charge in [-0.15, -0.1) is 0 Å². The van der Waals surface area contributed by atoms with Crippen molar-refractivity contribution in [1.82, 2.24) is 14.2 Å². The van der Waals surface area contributed by atoms with Gasteiger partial charge >= 0.3 is 0 Å². The molecule has 1 N–H and O–H groups in total. The Morgan fingerprint density at radius 2 is 1.74 bits per heavy atom. The monoisotopic (exact) mass is 583 g/mol. The molecular formula is C31H30BrN5O2. The molecule has 2 heterocycles. The molecule has 1 amide bonds. The molecule has 39 heavy (non-hydrogen) atoms. The zero-order valence-electron chi connectivity index (χ0n) is 22.6. The predicted molar refractivity (Wildman–Crippen MR) is 162 cm³/mol. The molecular weight excluding hydrogens is 554 g/mol. The Morgan fingerprint density at radius 3 is 2.46 bits per heavy atom. The minimum Gasteiger partial charge on any atom is -0.335 e. The van der Waals surface area contributed by atoms with Crippen LogP contribution in [0.4, 0.5) is 5.69 Å². The van der Waals surface area contributed by atoms with Crippen LogP contribution in [0.25, 0.3) is 21.8 Å². The summed E-state index contributed by atoms with van der Waals surface area (Å²) in [4.78, 5) is 31.4. The van der Waals surface area contributed by atoms with Gasteiger partial charge in [-0.2, -0.15) is 9.78 Å². The van der Waals surface area contributed by atoms with E-state index in [9.17, 15) is 9.59 Å². The highest BCUT2D eigenvalue weighted by atomic mass is 79.9. The number of aryl methyl sites for hydroxylation is 1. The topological polar surface area (TPSA) is 81.3 Å². The van der Waals surface area contributed by atoms with Crippen LogP contribution in [0.3, 0.4) is 0 Å². The summed E-state index contributed by atoms with van der Waals surface area (Å²) in [5.41, 5.74) is 4.50. The summed E-state index contributed by atoms with van der Waals surface area (Å²) < 4.78 is 4.17. The minimum absolute atomic E-state index is 0.123. The molecule has 5 rings (SSSR count). The van der Waals surface area contributed by atoms with Gasteiger partial charge in [0.15, 0.2) is 0 Å².